The van der Waals surface area contributed by atoms with Crippen molar-refractivity contribution in [2.45, 2.75) is 25.2 Å². The second kappa shape index (κ2) is 5.75. The van der Waals surface area contributed by atoms with E-state index in [0.717, 1.165) is 57.8 Å². The summed E-state index contributed by atoms with van der Waals surface area (Å²) in [6.45, 7) is 5.99. The van der Waals surface area contributed by atoms with Crippen LogP contribution < -0.4 is 10.2 Å². The highest BCUT2D eigenvalue weighted by Crippen LogP contribution is 2.46. The predicted octanol–water partition coefficient (Wildman–Crippen LogP) is 4.49. The Morgan fingerprint density at radius 1 is 1.36 bits per heavy atom. The lowest BCUT2D eigenvalue weighted by Crippen LogP contribution is -2.38. The largest absolute Gasteiger partial charge is 0.372 e. The Hall–Kier alpha value is -2.05. The molecule has 4 heterocycles. The third-order valence-electron chi connectivity index (χ3n) is 4.90. The zero-order valence-corrected chi connectivity index (χ0v) is 15.3. The molecule has 2 aliphatic rings. The number of pyridine rings is 1. The first-order valence-corrected chi connectivity index (χ1v) is 9.80. The fourth-order valence-electron chi connectivity index (χ4n) is 3.40. The van der Waals surface area contributed by atoms with E-state index in [1.807, 2.05) is 6.20 Å². The Kier molecular flexibility index (Phi) is 3.50. The van der Waals surface area contributed by atoms with Gasteiger partial charge in [-0.1, -0.05) is 18.2 Å². The average Bonchev–Trinajstić information content (AvgIpc) is 3.18. The Labute approximate surface area is 154 Å². The Balaban J connectivity index is 1.56. The van der Waals surface area contributed by atoms with Crippen molar-refractivity contribution in [1.82, 2.24) is 20.3 Å². The van der Waals surface area contributed by atoms with E-state index in [2.05, 4.69) is 38.3 Å². The molecule has 1 saturated carbocycles. The molecule has 1 aliphatic heterocycles. The molecule has 0 amide bonds. The van der Waals surface area contributed by atoms with E-state index >= 15 is 0 Å². The SMILES string of the molecule is C=C1NCCCN1c1nc(-c2cnc3[nH]cc(C4CC4)c3c2Cl)cs1. The third-order valence-corrected chi connectivity index (χ3v) is 6.15. The molecule has 1 aliphatic carbocycles. The van der Waals surface area contributed by atoms with Gasteiger partial charge in [0.05, 0.1) is 10.7 Å². The summed E-state index contributed by atoms with van der Waals surface area (Å²) in [6.07, 6.45) is 7.42. The van der Waals surface area contributed by atoms with Crippen molar-refractivity contribution in [1.29, 1.82) is 0 Å². The normalized spacial score (nSPS) is 18.0. The molecule has 0 bridgehead atoms. The maximum atomic E-state index is 6.78. The molecule has 7 heteroatoms. The van der Waals surface area contributed by atoms with E-state index < -0.39 is 0 Å². The number of nitrogens with one attached hydrogen (secondary N) is 2. The first-order valence-electron chi connectivity index (χ1n) is 8.54. The van der Waals surface area contributed by atoms with Gasteiger partial charge in [0.1, 0.15) is 11.5 Å². The topological polar surface area (TPSA) is 56.8 Å². The predicted molar refractivity (Wildman–Crippen MR) is 103 cm³/mol. The first-order chi connectivity index (χ1) is 12.2. The number of fused-ring (bicyclic) bond motifs is 1. The fraction of sp³-hybridized carbons (Fsp3) is 0.333. The third kappa shape index (κ3) is 2.51. The van der Waals surface area contributed by atoms with Crippen LogP contribution in [0.1, 0.15) is 30.7 Å². The maximum absolute atomic E-state index is 6.78. The molecule has 3 aromatic rings. The number of hydrogen-bond acceptors (Lipinski definition) is 5. The molecule has 5 rings (SSSR count). The number of anilines is 1. The lowest BCUT2D eigenvalue weighted by atomic mass is 10.1. The summed E-state index contributed by atoms with van der Waals surface area (Å²) in [5.74, 6) is 1.53. The molecule has 2 N–H and O–H groups in total. The van der Waals surface area contributed by atoms with Crippen LogP contribution in [0.5, 0.6) is 0 Å². The van der Waals surface area contributed by atoms with E-state index in [4.69, 9.17) is 16.6 Å². The van der Waals surface area contributed by atoms with Gasteiger partial charge in [-0.3, -0.25) is 0 Å². The lowest BCUT2D eigenvalue weighted by molar-refractivity contribution is 0.626. The number of H-pyrrole nitrogens is 1. The Bertz CT molecular complexity index is 971. The minimum absolute atomic E-state index is 0.622. The van der Waals surface area contributed by atoms with Gasteiger partial charge in [0, 0.05) is 41.8 Å². The van der Waals surface area contributed by atoms with Crippen LogP contribution in [0.4, 0.5) is 5.13 Å². The minimum Gasteiger partial charge on any atom is -0.372 e. The van der Waals surface area contributed by atoms with Crippen molar-refractivity contribution in [2.24, 2.45) is 0 Å². The number of aromatic nitrogens is 3. The molecule has 0 aromatic carbocycles. The number of thiazole rings is 1. The van der Waals surface area contributed by atoms with Gasteiger partial charge >= 0.3 is 0 Å². The molecule has 3 aromatic heterocycles. The van der Waals surface area contributed by atoms with Crippen molar-refractivity contribution in [3.8, 4) is 11.3 Å². The summed E-state index contributed by atoms with van der Waals surface area (Å²) in [7, 11) is 0. The molecular weight excluding hydrogens is 354 g/mol. The fourth-order valence-corrected chi connectivity index (χ4v) is 4.62. The summed E-state index contributed by atoms with van der Waals surface area (Å²) in [5, 5.41) is 8.10. The molecule has 0 unspecified atom stereocenters. The summed E-state index contributed by atoms with van der Waals surface area (Å²) in [4.78, 5) is 14.8. The molecule has 0 spiro atoms. The van der Waals surface area contributed by atoms with Gasteiger partial charge in [0.25, 0.3) is 0 Å². The summed E-state index contributed by atoms with van der Waals surface area (Å²) >= 11 is 8.39. The van der Waals surface area contributed by atoms with Gasteiger partial charge < -0.3 is 15.2 Å². The molecule has 0 atom stereocenters. The smallest absolute Gasteiger partial charge is 0.191 e. The van der Waals surface area contributed by atoms with Crippen LogP contribution in [-0.4, -0.2) is 28.0 Å². The Morgan fingerprint density at radius 2 is 2.24 bits per heavy atom. The molecule has 5 nitrogen and oxygen atoms in total. The van der Waals surface area contributed by atoms with Crippen LogP contribution in [0.15, 0.2) is 30.2 Å². The standard InChI is InChI=1S/C18H18ClN5S/c1-10-20-5-2-6-24(10)18-23-14(9-25-18)13-8-22-17-15(16(13)19)12(7-21-17)11-3-4-11/h7-9,11,20H,1-6H2,(H,21,22). The van der Waals surface area contributed by atoms with Crippen LogP contribution in [-0.2, 0) is 0 Å². The van der Waals surface area contributed by atoms with Gasteiger partial charge in [0.2, 0.25) is 0 Å². The lowest BCUT2D eigenvalue weighted by Gasteiger charge is -2.29. The molecule has 128 valence electrons. The van der Waals surface area contributed by atoms with Crippen molar-refractivity contribution < 1.29 is 0 Å². The average molecular weight is 372 g/mol. The van der Waals surface area contributed by atoms with Gasteiger partial charge in [-0.25, -0.2) is 9.97 Å². The summed E-state index contributed by atoms with van der Waals surface area (Å²) < 4.78 is 0. The second-order valence-corrected chi connectivity index (χ2v) is 7.84. The van der Waals surface area contributed by atoms with E-state index in [9.17, 15) is 0 Å². The summed E-state index contributed by atoms with van der Waals surface area (Å²) in [6, 6.07) is 0. The highest BCUT2D eigenvalue weighted by Gasteiger charge is 2.28. The molecule has 25 heavy (non-hydrogen) atoms. The quantitative estimate of drug-likeness (QED) is 0.712. The van der Waals surface area contributed by atoms with Gasteiger partial charge in [-0.2, -0.15) is 0 Å². The maximum Gasteiger partial charge on any atom is 0.191 e. The Morgan fingerprint density at radius 3 is 3.04 bits per heavy atom. The van der Waals surface area contributed by atoms with E-state index in [1.165, 1.54) is 18.4 Å². The summed E-state index contributed by atoms with van der Waals surface area (Å²) in [5.41, 5.74) is 3.92. The zero-order chi connectivity index (χ0) is 17.0. The van der Waals surface area contributed by atoms with E-state index in [-0.39, 0.29) is 0 Å². The molecule has 2 fully saturated rings. The van der Waals surface area contributed by atoms with Crippen molar-refractivity contribution >= 4 is 39.1 Å². The number of rotatable bonds is 3. The van der Waals surface area contributed by atoms with Crippen LogP contribution >= 0.6 is 22.9 Å². The van der Waals surface area contributed by atoms with Gasteiger partial charge in [0.15, 0.2) is 5.13 Å². The number of nitrogens with zero attached hydrogens (tertiary/aromatic N) is 3. The van der Waals surface area contributed by atoms with Crippen LogP contribution in [0.25, 0.3) is 22.3 Å². The van der Waals surface area contributed by atoms with Crippen molar-refractivity contribution in [3.63, 3.8) is 0 Å². The zero-order valence-electron chi connectivity index (χ0n) is 13.7. The van der Waals surface area contributed by atoms with E-state index in [1.54, 1.807) is 11.3 Å². The van der Waals surface area contributed by atoms with Gasteiger partial charge in [-0.15, -0.1) is 11.3 Å². The monoisotopic (exact) mass is 371 g/mol. The molecule has 1 saturated heterocycles. The van der Waals surface area contributed by atoms with Crippen molar-refractivity contribution in [3.05, 3.63) is 40.8 Å². The molecular formula is C18H18ClN5S. The number of aromatic amines is 1. The van der Waals surface area contributed by atoms with Crippen LogP contribution in [0, 0.1) is 0 Å². The first kappa shape index (κ1) is 15.2. The highest BCUT2D eigenvalue weighted by atomic mass is 35.5. The van der Waals surface area contributed by atoms with Crippen molar-refractivity contribution in [2.75, 3.05) is 18.0 Å². The van der Waals surface area contributed by atoms with E-state index in [0.29, 0.717) is 5.92 Å². The van der Waals surface area contributed by atoms with Crippen LogP contribution in [0.2, 0.25) is 5.02 Å². The van der Waals surface area contributed by atoms with Gasteiger partial charge in [-0.05, 0) is 30.7 Å². The molecule has 0 radical (unpaired) electrons. The number of hydrogen-bond donors (Lipinski definition) is 2. The minimum atomic E-state index is 0.622. The number of halogens is 1. The highest BCUT2D eigenvalue weighted by molar-refractivity contribution is 7.14. The van der Waals surface area contributed by atoms with Crippen LogP contribution in [0.3, 0.4) is 0 Å². The second-order valence-electron chi connectivity index (χ2n) is 6.62.